The molecule has 0 fully saturated rings. The summed E-state index contributed by atoms with van der Waals surface area (Å²) in [5.74, 6) is 1.87. The van der Waals surface area contributed by atoms with E-state index in [2.05, 4.69) is 126 Å². The van der Waals surface area contributed by atoms with Crippen LogP contribution < -0.4 is 0 Å². The number of pyridine rings is 1. The molecule has 0 radical (unpaired) electrons. The van der Waals surface area contributed by atoms with E-state index in [-0.39, 0.29) is 0 Å². The molecule has 50 heavy (non-hydrogen) atoms. The fourth-order valence-electron chi connectivity index (χ4n) is 6.73. The number of fused-ring (bicyclic) bond motifs is 2. The fraction of sp³-hybridized carbons (Fsp3) is 0. The molecule has 4 heteroatoms. The van der Waals surface area contributed by atoms with E-state index in [1.165, 1.54) is 32.7 Å². The van der Waals surface area contributed by atoms with Crippen molar-refractivity contribution in [1.82, 2.24) is 19.9 Å². The van der Waals surface area contributed by atoms with Gasteiger partial charge in [0.1, 0.15) is 0 Å². The normalized spacial score (nSPS) is 11.2. The van der Waals surface area contributed by atoms with Crippen LogP contribution in [0.1, 0.15) is 0 Å². The molecule has 9 aromatic rings. The van der Waals surface area contributed by atoms with Gasteiger partial charge in [0.2, 0.25) is 0 Å². The Morgan fingerprint density at radius 1 is 0.280 bits per heavy atom. The van der Waals surface area contributed by atoms with E-state index in [0.717, 1.165) is 38.9 Å². The first-order valence-electron chi connectivity index (χ1n) is 16.7. The number of hydrogen-bond donors (Lipinski definition) is 0. The van der Waals surface area contributed by atoms with Gasteiger partial charge in [-0.05, 0) is 91.3 Å². The maximum Gasteiger partial charge on any atom is 0.164 e. The standard InChI is InChI=1S/C46H30N4/c1-3-11-31(12-4-1)32-19-21-35(22-20-32)45-48-44(34-13-5-2-6-14-34)49-46(50-45)40-29-38(33-23-25-47-26-24-33)28-39(30-40)43-41-17-9-7-15-36(41)27-37-16-8-10-18-42(37)43/h1-30H. The minimum atomic E-state index is 0.614. The van der Waals surface area contributed by atoms with Crippen molar-refractivity contribution >= 4 is 21.5 Å². The van der Waals surface area contributed by atoms with Crippen molar-refractivity contribution in [3.8, 4) is 67.5 Å². The van der Waals surface area contributed by atoms with Gasteiger partial charge >= 0.3 is 0 Å². The van der Waals surface area contributed by atoms with Gasteiger partial charge in [-0.2, -0.15) is 0 Å². The zero-order valence-corrected chi connectivity index (χ0v) is 27.1. The van der Waals surface area contributed by atoms with Crippen molar-refractivity contribution < 1.29 is 0 Å². The summed E-state index contributed by atoms with van der Waals surface area (Å²) in [6, 6.07) is 59.2. The number of hydrogen-bond acceptors (Lipinski definition) is 4. The van der Waals surface area contributed by atoms with Crippen LogP contribution in [0.3, 0.4) is 0 Å². The Labute approximate surface area is 290 Å². The number of aromatic nitrogens is 4. The SMILES string of the molecule is c1ccc(-c2ccc(-c3nc(-c4ccccc4)nc(-c4cc(-c5ccncc5)cc(-c5c6ccccc6cc6ccccc56)c4)n3)cc2)cc1. The smallest absolute Gasteiger partial charge is 0.164 e. The summed E-state index contributed by atoms with van der Waals surface area (Å²) in [4.78, 5) is 19.6. The maximum atomic E-state index is 5.16. The van der Waals surface area contributed by atoms with E-state index in [9.17, 15) is 0 Å². The fourth-order valence-corrected chi connectivity index (χ4v) is 6.73. The lowest BCUT2D eigenvalue weighted by molar-refractivity contribution is 1.07. The van der Waals surface area contributed by atoms with Crippen molar-refractivity contribution in [2.75, 3.05) is 0 Å². The average Bonchev–Trinajstić information content (AvgIpc) is 3.20. The predicted molar refractivity (Wildman–Crippen MR) is 205 cm³/mol. The highest BCUT2D eigenvalue weighted by Gasteiger charge is 2.17. The van der Waals surface area contributed by atoms with Gasteiger partial charge in [-0.1, -0.05) is 133 Å². The molecule has 4 nitrogen and oxygen atoms in total. The van der Waals surface area contributed by atoms with Crippen molar-refractivity contribution in [2.45, 2.75) is 0 Å². The molecule has 0 aliphatic rings. The second-order valence-electron chi connectivity index (χ2n) is 12.3. The summed E-state index contributed by atoms with van der Waals surface area (Å²) >= 11 is 0. The highest BCUT2D eigenvalue weighted by Crippen LogP contribution is 2.40. The predicted octanol–water partition coefficient (Wildman–Crippen LogP) is 11.6. The summed E-state index contributed by atoms with van der Waals surface area (Å²) < 4.78 is 0. The largest absolute Gasteiger partial charge is 0.265 e. The molecule has 0 saturated heterocycles. The van der Waals surface area contributed by atoms with Gasteiger partial charge in [0.15, 0.2) is 17.5 Å². The highest BCUT2D eigenvalue weighted by atomic mass is 15.0. The second kappa shape index (κ2) is 12.7. The molecular formula is C46H30N4. The van der Waals surface area contributed by atoms with Crippen LogP contribution in [0.2, 0.25) is 0 Å². The van der Waals surface area contributed by atoms with Crippen molar-refractivity contribution in [2.24, 2.45) is 0 Å². The van der Waals surface area contributed by atoms with Crippen LogP contribution in [0, 0.1) is 0 Å². The highest BCUT2D eigenvalue weighted by molar-refractivity contribution is 6.13. The lowest BCUT2D eigenvalue weighted by Crippen LogP contribution is -2.00. The lowest BCUT2D eigenvalue weighted by atomic mass is 9.89. The summed E-state index contributed by atoms with van der Waals surface area (Å²) in [5, 5.41) is 4.79. The van der Waals surface area contributed by atoms with Crippen LogP contribution >= 0.6 is 0 Å². The minimum absolute atomic E-state index is 0.614. The topological polar surface area (TPSA) is 51.6 Å². The second-order valence-corrected chi connectivity index (χ2v) is 12.3. The van der Waals surface area contributed by atoms with Gasteiger partial charge in [-0.15, -0.1) is 0 Å². The molecule has 0 unspecified atom stereocenters. The number of benzene rings is 7. The Kier molecular flexibility index (Phi) is 7.45. The molecule has 0 atom stereocenters. The van der Waals surface area contributed by atoms with Crippen LogP contribution in [0.5, 0.6) is 0 Å². The van der Waals surface area contributed by atoms with Crippen LogP contribution in [0.25, 0.3) is 89.1 Å². The quantitative estimate of drug-likeness (QED) is 0.170. The minimum Gasteiger partial charge on any atom is -0.265 e. The molecule has 0 N–H and O–H groups in total. The van der Waals surface area contributed by atoms with Crippen molar-refractivity contribution in [1.29, 1.82) is 0 Å². The number of nitrogens with zero attached hydrogens (tertiary/aromatic N) is 4. The Bertz CT molecular complexity index is 2560. The molecule has 0 aliphatic heterocycles. The average molecular weight is 639 g/mol. The van der Waals surface area contributed by atoms with E-state index in [4.69, 9.17) is 15.0 Å². The van der Waals surface area contributed by atoms with Crippen LogP contribution in [-0.4, -0.2) is 19.9 Å². The molecule has 9 rings (SSSR count). The molecule has 0 aliphatic carbocycles. The number of rotatable bonds is 6. The first kappa shape index (κ1) is 29.4. The van der Waals surface area contributed by atoms with E-state index in [1.54, 1.807) is 0 Å². The van der Waals surface area contributed by atoms with Gasteiger partial charge in [-0.3, -0.25) is 4.98 Å². The molecule has 0 amide bonds. The van der Waals surface area contributed by atoms with Crippen molar-refractivity contribution in [3.05, 3.63) is 182 Å². The summed E-state index contributed by atoms with van der Waals surface area (Å²) in [6.45, 7) is 0. The molecule has 0 saturated carbocycles. The van der Waals surface area contributed by atoms with E-state index >= 15 is 0 Å². The Hall–Kier alpha value is -6.78. The molecule has 234 valence electrons. The third-order valence-corrected chi connectivity index (χ3v) is 9.18. The summed E-state index contributed by atoms with van der Waals surface area (Å²) in [6.07, 6.45) is 3.67. The molecule has 2 aromatic heterocycles. The van der Waals surface area contributed by atoms with Gasteiger partial charge in [0.05, 0.1) is 0 Å². The van der Waals surface area contributed by atoms with Gasteiger partial charge in [-0.25, -0.2) is 15.0 Å². The molecule has 7 aromatic carbocycles. The first-order valence-corrected chi connectivity index (χ1v) is 16.7. The summed E-state index contributed by atoms with van der Waals surface area (Å²) in [7, 11) is 0. The summed E-state index contributed by atoms with van der Waals surface area (Å²) in [5.41, 5.74) is 9.50. The van der Waals surface area contributed by atoms with Crippen LogP contribution in [0.4, 0.5) is 0 Å². The molecule has 0 spiro atoms. The zero-order chi connectivity index (χ0) is 33.3. The van der Waals surface area contributed by atoms with E-state index < -0.39 is 0 Å². The third-order valence-electron chi connectivity index (χ3n) is 9.18. The molecule has 2 heterocycles. The maximum absolute atomic E-state index is 5.16. The van der Waals surface area contributed by atoms with E-state index in [0.29, 0.717) is 17.5 Å². The first-order chi connectivity index (χ1) is 24.8. The van der Waals surface area contributed by atoms with Crippen LogP contribution in [-0.2, 0) is 0 Å². The molecule has 0 bridgehead atoms. The van der Waals surface area contributed by atoms with Crippen LogP contribution in [0.15, 0.2) is 182 Å². The molecular weight excluding hydrogens is 609 g/mol. The van der Waals surface area contributed by atoms with Gasteiger partial charge in [0.25, 0.3) is 0 Å². The van der Waals surface area contributed by atoms with Crippen molar-refractivity contribution in [3.63, 3.8) is 0 Å². The van der Waals surface area contributed by atoms with Gasteiger partial charge in [0, 0.05) is 29.1 Å². The Morgan fingerprint density at radius 3 is 1.32 bits per heavy atom. The third kappa shape index (κ3) is 5.59. The van der Waals surface area contributed by atoms with Gasteiger partial charge < -0.3 is 0 Å². The monoisotopic (exact) mass is 638 g/mol. The van der Waals surface area contributed by atoms with E-state index in [1.807, 2.05) is 60.9 Å². The Morgan fingerprint density at radius 2 is 0.700 bits per heavy atom. The zero-order valence-electron chi connectivity index (χ0n) is 27.1. The lowest BCUT2D eigenvalue weighted by Gasteiger charge is -2.16. The Balaban J connectivity index is 1.28.